The lowest BCUT2D eigenvalue weighted by atomic mass is 9.33. The Morgan fingerprint density at radius 2 is 1.50 bits per heavy atom. The molecule has 4 heteroatoms. The number of allylic oxidation sites excluding steroid dienone is 2. The van der Waals surface area contributed by atoms with Crippen LogP contribution in [0, 0.1) is 50.7 Å². The Labute approximate surface area is 218 Å². The summed E-state index contributed by atoms with van der Waals surface area (Å²) >= 11 is 0. The van der Waals surface area contributed by atoms with E-state index in [1.165, 1.54) is 12.0 Å². The average molecular weight is 497 g/mol. The summed E-state index contributed by atoms with van der Waals surface area (Å²) in [6.45, 7) is 20.1. The highest BCUT2D eigenvalue weighted by atomic mass is 16.5. The molecule has 5 rings (SSSR count). The summed E-state index contributed by atoms with van der Waals surface area (Å²) in [5, 5.41) is 0. The summed E-state index contributed by atoms with van der Waals surface area (Å²) in [6, 6.07) is 0. The molecule has 200 valence electrons. The number of ether oxygens (including phenoxy) is 1. The number of hydrogen-bond donors (Lipinski definition) is 0. The number of rotatable bonds is 2. The van der Waals surface area contributed by atoms with Gasteiger partial charge in [0.1, 0.15) is 6.10 Å². The van der Waals surface area contributed by atoms with E-state index in [1.54, 1.807) is 6.92 Å². The minimum Gasteiger partial charge on any atom is -0.462 e. The third-order valence-electron chi connectivity index (χ3n) is 13.0. The van der Waals surface area contributed by atoms with E-state index in [0.717, 1.165) is 50.5 Å². The summed E-state index contributed by atoms with van der Waals surface area (Å²) < 4.78 is 5.87. The molecule has 5 aliphatic carbocycles. The largest absolute Gasteiger partial charge is 0.462 e. The van der Waals surface area contributed by atoms with Crippen LogP contribution >= 0.6 is 0 Å². The third-order valence-corrected chi connectivity index (χ3v) is 13.0. The minimum absolute atomic E-state index is 0.00554. The number of ketones is 2. The maximum Gasteiger partial charge on any atom is 0.302 e. The molecule has 0 aliphatic heterocycles. The smallest absolute Gasteiger partial charge is 0.302 e. The SMILES string of the molecule is CC(=O)O[C@H]1CC[C@]2(C)[C@H]3CC[C@@H]4C5=C(C(C)C)C(=O)C(=O)[C@]5(C)CC[C@@]4(C)[C@]3(C)CC[C@H]2C1(C)C. The molecule has 8 atom stereocenters. The van der Waals surface area contributed by atoms with Gasteiger partial charge in [-0.1, -0.05) is 48.5 Å². The highest BCUT2D eigenvalue weighted by molar-refractivity contribution is 6.48. The van der Waals surface area contributed by atoms with Crippen LogP contribution in [0.25, 0.3) is 0 Å². The Balaban J connectivity index is 1.56. The Bertz CT molecular complexity index is 1050. The molecule has 0 aromatic rings. The molecule has 0 amide bonds. The molecule has 4 fully saturated rings. The van der Waals surface area contributed by atoms with E-state index in [1.807, 2.05) is 0 Å². The first-order valence-corrected chi connectivity index (χ1v) is 14.6. The Kier molecular flexibility index (Phi) is 5.66. The van der Waals surface area contributed by atoms with E-state index < -0.39 is 5.41 Å². The van der Waals surface area contributed by atoms with Gasteiger partial charge in [0.05, 0.1) is 5.41 Å². The van der Waals surface area contributed by atoms with Crippen LogP contribution in [0.3, 0.4) is 0 Å². The fourth-order valence-electron chi connectivity index (χ4n) is 11.1. The second-order valence-corrected chi connectivity index (χ2v) is 15.0. The number of hydrogen-bond acceptors (Lipinski definition) is 4. The van der Waals surface area contributed by atoms with Crippen LogP contribution in [0.5, 0.6) is 0 Å². The first-order chi connectivity index (χ1) is 16.6. The van der Waals surface area contributed by atoms with Gasteiger partial charge in [-0.25, -0.2) is 0 Å². The molecule has 0 saturated heterocycles. The molecule has 0 heterocycles. The Morgan fingerprint density at radius 3 is 2.11 bits per heavy atom. The molecular weight excluding hydrogens is 448 g/mol. The zero-order valence-electron chi connectivity index (χ0n) is 24.2. The zero-order valence-corrected chi connectivity index (χ0v) is 24.2. The van der Waals surface area contributed by atoms with Gasteiger partial charge in [0, 0.05) is 17.9 Å². The second-order valence-electron chi connectivity index (χ2n) is 15.0. The normalized spacial score (nSPS) is 47.7. The lowest BCUT2D eigenvalue weighted by Gasteiger charge is -2.72. The zero-order chi connectivity index (χ0) is 26.6. The molecule has 0 spiro atoms. The number of carbonyl (C=O) groups is 3. The van der Waals surface area contributed by atoms with Crippen molar-refractivity contribution in [3.8, 4) is 0 Å². The topological polar surface area (TPSA) is 60.4 Å². The molecule has 36 heavy (non-hydrogen) atoms. The van der Waals surface area contributed by atoms with Gasteiger partial charge in [-0.15, -0.1) is 0 Å². The van der Waals surface area contributed by atoms with Crippen LogP contribution in [0.2, 0.25) is 0 Å². The van der Waals surface area contributed by atoms with E-state index in [2.05, 4.69) is 55.4 Å². The fraction of sp³-hybridized carbons (Fsp3) is 0.844. The molecule has 5 aliphatic rings. The van der Waals surface area contributed by atoms with Crippen molar-refractivity contribution in [3.05, 3.63) is 11.1 Å². The van der Waals surface area contributed by atoms with Crippen LogP contribution in [-0.4, -0.2) is 23.6 Å². The lowest BCUT2D eigenvalue weighted by molar-refractivity contribution is -0.232. The summed E-state index contributed by atoms with van der Waals surface area (Å²) in [5.74, 6) is 1.04. The van der Waals surface area contributed by atoms with Crippen molar-refractivity contribution < 1.29 is 19.1 Å². The standard InChI is InChI=1S/C32H48O4/c1-18(2)24-25-20-10-11-22-29(6)14-13-23(36-19(3)33)28(4,5)21(29)12-15-32(22,9)31(20,8)17-16-30(25,7)27(35)26(24)34/h18,20-23H,10-17H2,1-9H3/t20-,21+,22-,23+,29+,30-,31-,32-/m1/s1. The van der Waals surface area contributed by atoms with Crippen LogP contribution in [0.1, 0.15) is 114 Å². The van der Waals surface area contributed by atoms with Crippen LogP contribution in [-0.2, 0) is 19.1 Å². The Hall–Kier alpha value is -1.45. The summed E-state index contributed by atoms with van der Waals surface area (Å²) in [4.78, 5) is 38.4. The molecule has 0 bridgehead atoms. The van der Waals surface area contributed by atoms with Gasteiger partial charge in [0.2, 0.25) is 11.6 Å². The molecular formula is C32H48O4. The highest BCUT2D eigenvalue weighted by Crippen LogP contribution is 2.76. The van der Waals surface area contributed by atoms with Crippen molar-refractivity contribution in [2.45, 2.75) is 120 Å². The van der Waals surface area contributed by atoms with E-state index in [0.29, 0.717) is 17.8 Å². The predicted molar refractivity (Wildman–Crippen MR) is 141 cm³/mol. The van der Waals surface area contributed by atoms with Crippen LogP contribution < -0.4 is 0 Å². The number of Topliss-reactive ketones (excluding diaryl/α,β-unsaturated/α-hetero) is 2. The fourth-order valence-corrected chi connectivity index (χ4v) is 11.1. The first kappa shape index (κ1) is 26.2. The van der Waals surface area contributed by atoms with Gasteiger partial charge >= 0.3 is 5.97 Å². The quantitative estimate of drug-likeness (QED) is 0.302. The minimum atomic E-state index is -0.588. The molecule has 4 saturated carbocycles. The number of fused-ring (bicyclic) bond motifs is 7. The summed E-state index contributed by atoms with van der Waals surface area (Å²) in [6.07, 6.45) is 8.43. The van der Waals surface area contributed by atoms with Gasteiger partial charge in [0.15, 0.2) is 0 Å². The molecule has 4 nitrogen and oxygen atoms in total. The second kappa shape index (κ2) is 7.79. The monoisotopic (exact) mass is 496 g/mol. The van der Waals surface area contributed by atoms with Crippen molar-refractivity contribution in [2.24, 2.45) is 50.7 Å². The first-order valence-electron chi connectivity index (χ1n) is 14.6. The van der Waals surface area contributed by atoms with Crippen LogP contribution in [0.15, 0.2) is 11.1 Å². The van der Waals surface area contributed by atoms with E-state index >= 15 is 0 Å². The van der Waals surface area contributed by atoms with Crippen molar-refractivity contribution in [3.63, 3.8) is 0 Å². The third kappa shape index (κ3) is 3.02. The van der Waals surface area contributed by atoms with Crippen LogP contribution in [0.4, 0.5) is 0 Å². The van der Waals surface area contributed by atoms with Gasteiger partial charge in [0.25, 0.3) is 0 Å². The van der Waals surface area contributed by atoms with Gasteiger partial charge in [-0.2, -0.15) is 0 Å². The van der Waals surface area contributed by atoms with E-state index in [-0.39, 0.29) is 51.2 Å². The van der Waals surface area contributed by atoms with Gasteiger partial charge in [-0.3, -0.25) is 14.4 Å². The van der Waals surface area contributed by atoms with Crippen molar-refractivity contribution >= 4 is 17.5 Å². The number of carbonyl (C=O) groups excluding carboxylic acids is 3. The summed E-state index contributed by atoms with van der Waals surface area (Å²) in [5.41, 5.74) is 1.90. The summed E-state index contributed by atoms with van der Waals surface area (Å²) in [7, 11) is 0. The lowest BCUT2D eigenvalue weighted by Crippen LogP contribution is -2.65. The highest BCUT2D eigenvalue weighted by Gasteiger charge is 2.70. The Morgan fingerprint density at radius 1 is 0.833 bits per heavy atom. The maximum atomic E-state index is 13.3. The average Bonchev–Trinajstić information content (AvgIpc) is 2.97. The molecule has 0 aromatic heterocycles. The molecule has 0 aromatic carbocycles. The molecule has 0 radical (unpaired) electrons. The number of esters is 1. The van der Waals surface area contributed by atoms with Crippen molar-refractivity contribution in [2.75, 3.05) is 0 Å². The van der Waals surface area contributed by atoms with E-state index in [9.17, 15) is 14.4 Å². The molecule has 0 N–H and O–H groups in total. The maximum absolute atomic E-state index is 13.3. The molecule has 0 unspecified atom stereocenters. The van der Waals surface area contributed by atoms with Crippen molar-refractivity contribution in [1.29, 1.82) is 0 Å². The van der Waals surface area contributed by atoms with E-state index in [4.69, 9.17) is 4.74 Å². The van der Waals surface area contributed by atoms with Gasteiger partial charge in [-0.05, 0) is 104 Å². The van der Waals surface area contributed by atoms with Gasteiger partial charge < -0.3 is 4.74 Å². The predicted octanol–water partition coefficient (Wildman–Crippen LogP) is 7.10. The van der Waals surface area contributed by atoms with Crippen molar-refractivity contribution in [1.82, 2.24) is 0 Å².